The number of anilines is 1. The van der Waals surface area contributed by atoms with Crippen molar-refractivity contribution < 1.29 is 17.9 Å². The Morgan fingerprint density at radius 3 is 2.00 bits per heavy atom. The molecule has 0 unspecified atom stereocenters. The molecule has 6 nitrogen and oxygen atoms in total. The lowest BCUT2D eigenvalue weighted by molar-refractivity contribution is 0.0755. The maximum Gasteiger partial charge on any atom is 0.261 e. The third-order valence-electron chi connectivity index (χ3n) is 4.03. The second-order valence-corrected chi connectivity index (χ2v) is 7.83. The topological polar surface area (TPSA) is 75.7 Å². The van der Waals surface area contributed by atoms with E-state index in [-0.39, 0.29) is 10.8 Å². The molecule has 0 spiro atoms. The summed E-state index contributed by atoms with van der Waals surface area (Å²) in [4.78, 5) is 14.5. The first-order valence-electron chi connectivity index (χ1n) is 8.97. The fraction of sp³-hybridized carbons (Fsp3) is 0.350. The van der Waals surface area contributed by atoms with Crippen LogP contribution in [0.25, 0.3) is 0 Å². The molecule has 0 aliphatic carbocycles. The molecule has 27 heavy (non-hydrogen) atoms. The molecule has 0 fully saturated rings. The number of hydrogen-bond acceptors (Lipinski definition) is 4. The first-order chi connectivity index (χ1) is 12.9. The third-order valence-corrected chi connectivity index (χ3v) is 5.43. The van der Waals surface area contributed by atoms with Crippen molar-refractivity contribution in [3.8, 4) is 5.75 Å². The van der Waals surface area contributed by atoms with Gasteiger partial charge < -0.3 is 9.64 Å². The largest absolute Gasteiger partial charge is 0.497 e. The van der Waals surface area contributed by atoms with Gasteiger partial charge in [-0.3, -0.25) is 9.52 Å². The first-order valence-corrected chi connectivity index (χ1v) is 10.5. The van der Waals surface area contributed by atoms with E-state index in [1.54, 1.807) is 48.4 Å². The number of amides is 1. The predicted octanol–water partition coefficient (Wildman–Crippen LogP) is 3.76. The maximum absolute atomic E-state index is 12.6. The lowest BCUT2D eigenvalue weighted by Gasteiger charge is -2.21. The predicted molar refractivity (Wildman–Crippen MR) is 107 cm³/mol. The van der Waals surface area contributed by atoms with Gasteiger partial charge in [-0.15, -0.1) is 0 Å². The van der Waals surface area contributed by atoms with Gasteiger partial charge in [0.25, 0.3) is 15.9 Å². The minimum atomic E-state index is -3.73. The number of carbonyl (C=O) groups excluding carboxylic acids is 1. The fourth-order valence-electron chi connectivity index (χ4n) is 2.69. The summed E-state index contributed by atoms with van der Waals surface area (Å²) < 4.78 is 32.7. The van der Waals surface area contributed by atoms with Crippen molar-refractivity contribution in [3.63, 3.8) is 0 Å². The summed E-state index contributed by atoms with van der Waals surface area (Å²) in [5.74, 6) is 0.565. The van der Waals surface area contributed by atoms with Gasteiger partial charge in [-0.25, -0.2) is 8.42 Å². The Hall–Kier alpha value is -2.54. The molecule has 0 aromatic heterocycles. The zero-order chi connectivity index (χ0) is 19.9. The fourth-order valence-corrected chi connectivity index (χ4v) is 3.75. The number of nitrogens with one attached hydrogen (secondary N) is 1. The third kappa shape index (κ3) is 5.47. The van der Waals surface area contributed by atoms with E-state index in [4.69, 9.17) is 4.74 Å². The van der Waals surface area contributed by atoms with E-state index >= 15 is 0 Å². The summed E-state index contributed by atoms with van der Waals surface area (Å²) in [5, 5.41) is 0. The standard InChI is InChI=1S/C20H26N2O4S/c1-4-14-22(15-5-2)20(23)16-6-12-19(13-7-16)27(24,25)21-17-8-10-18(26-3)11-9-17/h6-13,21H,4-5,14-15H2,1-3H3. The molecule has 0 atom stereocenters. The van der Waals surface area contributed by atoms with E-state index in [9.17, 15) is 13.2 Å². The molecular formula is C20H26N2O4S. The molecule has 0 radical (unpaired) electrons. The highest BCUT2D eigenvalue weighted by atomic mass is 32.2. The van der Waals surface area contributed by atoms with Crippen LogP contribution in [0.15, 0.2) is 53.4 Å². The molecule has 0 bridgehead atoms. The van der Waals surface area contributed by atoms with Gasteiger partial charge in [-0.2, -0.15) is 0 Å². The summed E-state index contributed by atoms with van der Waals surface area (Å²) in [6.07, 6.45) is 1.76. The van der Waals surface area contributed by atoms with Crippen LogP contribution < -0.4 is 9.46 Å². The summed E-state index contributed by atoms with van der Waals surface area (Å²) in [6, 6.07) is 12.6. The van der Waals surface area contributed by atoms with Crippen molar-refractivity contribution in [1.29, 1.82) is 0 Å². The molecule has 0 heterocycles. The second-order valence-electron chi connectivity index (χ2n) is 6.15. The molecule has 0 aliphatic heterocycles. The molecule has 7 heteroatoms. The highest BCUT2D eigenvalue weighted by Gasteiger charge is 2.18. The van der Waals surface area contributed by atoms with E-state index in [2.05, 4.69) is 4.72 Å². The van der Waals surface area contributed by atoms with Crippen molar-refractivity contribution in [1.82, 2.24) is 4.90 Å². The number of hydrogen-bond donors (Lipinski definition) is 1. The lowest BCUT2D eigenvalue weighted by atomic mass is 10.2. The minimum Gasteiger partial charge on any atom is -0.497 e. The van der Waals surface area contributed by atoms with E-state index in [1.807, 2.05) is 13.8 Å². The van der Waals surface area contributed by atoms with Crippen LogP contribution in [-0.2, 0) is 10.0 Å². The van der Waals surface area contributed by atoms with Gasteiger partial charge in [0.2, 0.25) is 0 Å². The molecule has 0 aliphatic rings. The van der Waals surface area contributed by atoms with E-state index in [0.29, 0.717) is 30.1 Å². The Labute approximate surface area is 161 Å². The molecule has 1 N–H and O–H groups in total. The van der Waals surface area contributed by atoms with Gasteiger partial charge in [-0.05, 0) is 61.4 Å². The van der Waals surface area contributed by atoms with E-state index < -0.39 is 10.0 Å². The van der Waals surface area contributed by atoms with Crippen molar-refractivity contribution in [3.05, 3.63) is 54.1 Å². The van der Waals surface area contributed by atoms with Gasteiger partial charge in [0.05, 0.1) is 12.0 Å². The Morgan fingerprint density at radius 1 is 0.963 bits per heavy atom. The molecule has 2 aromatic rings. The Kier molecular flexibility index (Phi) is 7.24. The van der Waals surface area contributed by atoms with Gasteiger partial charge in [0.15, 0.2) is 0 Å². The molecule has 2 aromatic carbocycles. The monoisotopic (exact) mass is 390 g/mol. The number of nitrogens with zero attached hydrogens (tertiary/aromatic N) is 1. The summed E-state index contributed by atoms with van der Waals surface area (Å²) in [6.45, 7) is 5.42. The summed E-state index contributed by atoms with van der Waals surface area (Å²) in [7, 11) is -2.19. The second kappa shape index (κ2) is 9.41. The van der Waals surface area contributed by atoms with E-state index in [1.165, 1.54) is 12.1 Å². The average Bonchev–Trinajstić information content (AvgIpc) is 2.67. The zero-order valence-electron chi connectivity index (χ0n) is 15.9. The smallest absolute Gasteiger partial charge is 0.261 e. The average molecular weight is 391 g/mol. The van der Waals surface area contributed by atoms with Crippen LogP contribution in [0.3, 0.4) is 0 Å². The SMILES string of the molecule is CCCN(CCC)C(=O)c1ccc(S(=O)(=O)Nc2ccc(OC)cc2)cc1. The van der Waals surface area contributed by atoms with Crippen LogP contribution >= 0.6 is 0 Å². The van der Waals surface area contributed by atoms with Gasteiger partial charge >= 0.3 is 0 Å². The highest BCUT2D eigenvalue weighted by Crippen LogP contribution is 2.20. The Morgan fingerprint density at radius 2 is 1.52 bits per heavy atom. The van der Waals surface area contributed by atoms with Crippen molar-refractivity contribution >= 4 is 21.6 Å². The quantitative estimate of drug-likeness (QED) is 0.707. The number of rotatable bonds is 9. The molecule has 0 saturated carbocycles. The van der Waals surface area contributed by atoms with Crippen LogP contribution in [0.1, 0.15) is 37.0 Å². The number of carbonyl (C=O) groups is 1. The number of sulfonamides is 1. The van der Waals surface area contributed by atoms with Crippen LogP contribution in [0.2, 0.25) is 0 Å². The Bertz CT molecular complexity index is 841. The maximum atomic E-state index is 12.6. The van der Waals surface area contributed by atoms with Crippen molar-refractivity contribution in [2.75, 3.05) is 24.9 Å². The normalized spacial score (nSPS) is 11.1. The zero-order valence-corrected chi connectivity index (χ0v) is 16.8. The minimum absolute atomic E-state index is 0.0780. The van der Waals surface area contributed by atoms with Crippen molar-refractivity contribution in [2.24, 2.45) is 0 Å². The number of ether oxygens (including phenoxy) is 1. The van der Waals surface area contributed by atoms with Gasteiger partial charge in [-0.1, -0.05) is 13.8 Å². The molecule has 146 valence electrons. The van der Waals surface area contributed by atoms with Crippen LogP contribution in [0.5, 0.6) is 5.75 Å². The first kappa shape index (κ1) is 20.8. The molecule has 2 rings (SSSR count). The lowest BCUT2D eigenvalue weighted by Crippen LogP contribution is -2.32. The van der Waals surface area contributed by atoms with Crippen molar-refractivity contribution in [2.45, 2.75) is 31.6 Å². The van der Waals surface area contributed by atoms with Gasteiger partial charge in [0, 0.05) is 24.3 Å². The summed E-state index contributed by atoms with van der Waals surface area (Å²) >= 11 is 0. The number of methoxy groups -OCH3 is 1. The Balaban J connectivity index is 2.15. The summed E-state index contributed by atoms with van der Waals surface area (Å²) in [5.41, 5.74) is 0.924. The van der Waals surface area contributed by atoms with Crippen LogP contribution in [0.4, 0.5) is 5.69 Å². The molecule has 1 amide bonds. The van der Waals surface area contributed by atoms with Crippen LogP contribution in [-0.4, -0.2) is 39.4 Å². The highest BCUT2D eigenvalue weighted by molar-refractivity contribution is 7.92. The molecular weight excluding hydrogens is 364 g/mol. The van der Waals surface area contributed by atoms with Crippen LogP contribution in [0, 0.1) is 0 Å². The van der Waals surface area contributed by atoms with Gasteiger partial charge in [0.1, 0.15) is 5.75 Å². The number of benzene rings is 2. The van der Waals surface area contributed by atoms with E-state index in [0.717, 1.165) is 12.8 Å². The molecule has 0 saturated heterocycles.